The fourth-order valence-electron chi connectivity index (χ4n) is 3.60. The molecule has 0 radical (unpaired) electrons. The van der Waals surface area contributed by atoms with Gasteiger partial charge in [-0.15, -0.1) is 0 Å². The molecule has 0 bridgehead atoms. The lowest BCUT2D eigenvalue weighted by Gasteiger charge is -2.42. The van der Waals surface area contributed by atoms with Gasteiger partial charge in [0.1, 0.15) is 0 Å². The van der Waals surface area contributed by atoms with Crippen molar-refractivity contribution in [3.8, 4) is 0 Å². The van der Waals surface area contributed by atoms with Gasteiger partial charge in [0.2, 0.25) is 0 Å². The second-order valence-corrected chi connectivity index (χ2v) is 5.60. The molecule has 2 aliphatic rings. The minimum absolute atomic E-state index is 0.412. The number of aromatic amines is 1. The van der Waals surface area contributed by atoms with Crippen LogP contribution in [-0.4, -0.2) is 28.6 Å². The van der Waals surface area contributed by atoms with Crippen LogP contribution in [0.4, 0.5) is 0 Å². The highest BCUT2D eigenvalue weighted by Gasteiger charge is 2.28. The summed E-state index contributed by atoms with van der Waals surface area (Å²) in [6, 6.07) is 9.05. The van der Waals surface area contributed by atoms with Gasteiger partial charge in [0.15, 0.2) is 0 Å². The zero-order valence-electron chi connectivity index (χ0n) is 11.4. The highest BCUT2D eigenvalue weighted by Crippen LogP contribution is 2.22. The van der Waals surface area contributed by atoms with Gasteiger partial charge in [-0.3, -0.25) is 5.32 Å². The first kappa shape index (κ1) is 11.1. The Morgan fingerprint density at radius 2 is 2.05 bits per heavy atom. The van der Waals surface area contributed by atoms with Gasteiger partial charge in [-0.05, 0) is 19.9 Å². The van der Waals surface area contributed by atoms with Crippen LogP contribution in [0, 0.1) is 0 Å². The third-order valence-corrected chi connectivity index (χ3v) is 4.41. The van der Waals surface area contributed by atoms with Crippen LogP contribution in [0.15, 0.2) is 24.3 Å². The monoisotopic (exact) mass is 253 g/mol. The van der Waals surface area contributed by atoms with Crippen molar-refractivity contribution in [1.82, 2.24) is 15.2 Å². The number of H-pyrrole nitrogens is 1. The molecule has 1 saturated heterocycles. The third-order valence-electron chi connectivity index (χ3n) is 4.41. The molecule has 1 aromatic carbocycles. The predicted molar refractivity (Wildman–Crippen MR) is 78.8 cm³/mol. The van der Waals surface area contributed by atoms with Crippen molar-refractivity contribution < 1.29 is 0 Å². The summed E-state index contributed by atoms with van der Waals surface area (Å²) in [6.07, 6.45) is 3.90. The molecular formula is C16H19N3. The van der Waals surface area contributed by atoms with Crippen molar-refractivity contribution in [2.24, 2.45) is 0 Å². The smallest absolute Gasteiger partial charge is 0.0771 e. The van der Waals surface area contributed by atoms with Crippen molar-refractivity contribution in [2.75, 3.05) is 6.54 Å². The quantitative estimate of drug-likeness (QED) is 0.736. The number of fused-ring (bicyclic) bond motifs is 4. The molecule has 2 N–H and O–H groups in total. The van der Waals surface area contributed by atoms with E-state index in [1.807, 2.05) is 0 Å². The molecule has 0 spiro atoms. The van der Waals surface area contributed by atoms with Gasteiger partial charge in [0.25, 0.3) is 0 Å². The van der Waals surface area contributed by atoms with E-state index in [-0.39, 0.29) is 0 Å². The maximum Gasteiger partial charge on any atom is 0.0771 e. The predicted octanol–water partition coefficient (Wildman–Crippen LogP) is 1.10. The molecule has 0 saturated carbocycles. The summed E-state index contributed by atoms with van der Waals surface area (Å²) in [7, 11) is 0. The fraction of sp³-hybridized carbons (Fsp3) is 0.375. The molecule has 0 amide bonds. The van der Waals surface area contributed by atoms with Crippen molar-refractivity contribution >= 4 is 22.7 Å². The van der Waals surface area contributed by atoms with Crippen LogP contribution in [0.5, 0.6) is 0 Å². The molecular weight excluding hydrogens is 234 g/mol. The molecule has 98 valence electrons. The first-order chi connectivity index (χ1) is 9.25. The second-order valence-electron chi connectivity index (χ2n) is 5.60. The number of aromatic nitrogens is 1. The molecule has 2 unspecified atom stereocenters. The minimum atomic E-state index is 0.412. The Morgan fingerprint density at radius 3 is 2.95 bits per heavy atom. The Morgan fingerprint density at radius 1 is 1.21 bits per heavy atom. The van der Waals surface area contributed by atoms with E-state index < -0.39 is 0 Å². The first-order valence-corrected chi connectivity index (χ1v) is 7.09. The average Bonchev–Trinajstić information content (AvgIpc) is 2.78. The molecule has 3 heterocycles. The SMILES string of the molecule is CC1C=c2c([nH]c3ccccc23)=C2CCNC(C)N21. The molecule has 0 aliphatic carbocycles. The largest absolute Gasteiger partial charge is 0.353 e. The first-order valence-electron chi connectivity index (χ1n) is 7.09. The van der Waals surface area contributed by atoms with Gasteiger partial charge in [-0.25, -0.2) is 0 Å². The molecule has 2 aliphatic heterocycles. The van der Waals surface area contributed by atoms with Crippen LogP contribution in [0.2, 0.25) is 0 Å². The Kier molecular flexibility index (Phi) is 2.27. The van der Waals surface area contributed by atoms with Gasteiger partial charge in [-0.1, -0.05) is 24.3 Å². The van der Waals surface area contributed by atoms with Gasteiger partial charge < -0.3 is 9.88 Å². The average molecular weight is 253 g/mol. The lowest BCUT2D eigenvalue weighted by atomic mass is 10.0. The van der Waals surface area contributed by atoms with Gasteiger partial charge in [0, 0.05) is 40.8 Å². The van der Waals surface area contributed by atoms with Crippen LogP contribution < -0.4 is 15.9 Å². The van der Waals surface area contributed by atoms with E-state index in [1.54, 1.807) is 0 Å². The summed E-state index contributed by atoms with van der Waals surface area (Å²) in [5, 5.41) is 7.62. The summed E-state index contributed by atoms with van der Waals surface area (Å²) in [4.78, 5) is 6.12. The van der Waals surface area contributed by atoms with E-state index in [1.165, 1.54) is 27.2 Å². The Hall–Kier alpha value is -1.74. The Balaban J connectivity index is 2.11. The summed E-state index contributed by atoms with van der Waals surface area (Å²) in [6.45, 7) is 5.60. The number of nitrogens with zero attached hydrogens (tertiary/aromatic N) is 1. The topological polar surface area (TPSA) is 31.1 Å². The van der Waals surface area contributed by atoms with Crippen LogP contribution in [0.25, 0.3) is 22.7 Å². The Bertz CT molecular complexity index is 756. The van der Waals surface area contributed by atoms with Crippen molar-refractivity contribution in [1.29, 1.82) is 0 Å². The lowest BCUT2D eigenvalue weighted by Crippen LogP contribution is -2.56. The number of hydrogen-bond acceptors (Lipinski definition) is 2. The number of benzene rings is 1. The van der Waals surface area contributed by atoms with E-state index in [0.717, 1.165) is 13.0 Å². The molecule has 2 aromatic rings. The molecule has 3 nitrogen and oxygen atoms in total. The highest BCUT2D eigenvalue weighted by molar-refractivity contribution is 5.82. The maximum atomic E-state index is 3.62. The summed E-state index contributed by atoms with van der Waals surface area (Å²) < 4.78 is 0. The highest BCUT2D eigenvalue weighted by atomic mass is 15.3. The van der Waals surface area contributed by atoms with Gasteiger partial charge in [0.05, 0.1) is 11.5 Å². The molecule has 1 aromatic heterocycles. The van der Waals surface area contributed by atoms with Crippen LogP contribution >= 0.6 is 0 Å². The maximum absolute atomic E-state index is 3.62. The van der Waals surface area contributed by atoms with Crippen LogP contribution in [0.3, 0.4) is 0 Å². The zero-order valence-corrected chi connectivity index (χ0v) is 11.4. The Labute approximate surface area is 112 Å². The third kappa shape index (κ3) is 1.48. The fourth-order valence-corrected chi connectivity index (χ4v) is 3.60. The number of rotatable bonds is 0. The molecule has 2 atom stereocenters. The van der Waals surface area contributed by atoms with Crippen LogP contribution in [-0.2, 0) is 0 Å². The van der Waals surface area contributed by atoms with Crippen molar-refractivity contribution in [3.63, 3.8) is 0 Å². The molecule has 1 fully saturated rings. The van der Waals surface area contributed by atoms with E-state index in [2.05, 4.69) is 59.4 Å². The normalized spacial score (nSPS) is 26.0. The number of nitrogens with one attached hydrogen (secondary N) is 2. The van der Waals surface area contributed by atoms with E-state index in [4.69, 9.17) is 0 Å². The van der Waals surface area contributed by atoms with Gasteiger partial charge in [-0.2, -0.15) is 0 Å². The van der Waals surface area contributed by atoms with Gasteiger partial charge >= 0.3 is 0 Å². The molecule has 19 heavy (non-hydrogen) atoms. The zero-order chi connectivity index (χ0) is 13.0. The number of para-hydroxylation sites is 1. The second kappa shape index (κ2) is 3.87. The van der Waals surface area contributed by atoms with Crippen molar-refractivity contribution in [3.05, 3.63) is 34.8 Å². The van der Waals surface area contributed by atoms with Crippen molar-refractivity contribution in [2.45, 2.75) is 32.5 Å². The molecule has 3 heteroatoms. The molecule has 4 rings (SSSR count). The van der Waals surface area contributed by atoms with Crippen LogP contribution in [0.1, 0.15) is 20.3 Å². The number of hydrogen-bond donors (Lipinski definition) is 2. The summed E-state index contributed by atoms with van der Waals surface area (Å²) in [5.41, 5.74) is 2.71. The standard InChI is InChI=1S/C16H19N3/c1-10-9-13-12-5-3-4-6-14(12)18-16(13)15-7-8-17-11(2)19(10)15/h3-6,9-11,17-18H,7-8H2,1-2H3. The minimum Gasteiger partial charge on any atom is -0.353 e. The summed E-state index contributed by atoms with van der Waals surface area (Å²) >= 11 is 0. The van der Waals surface area contributed by atoms with E-state index in [9.17, 15) is 0 Å². The summed E-state index contributed by atoms with van der Waals surface area (Å²) in [5.74, 6) is 0. The van der Waals surface area contributed by atoms with E-state index >= 15 is 0 Å². The lowest BCUT2D eigenvalue weighted by molar-refractivity contribution is 0.213. The van der Waals surface area contributed by atoms with E-state index in [0.29, 0.717) is 12.2 Å².